The molecule has 1 aromatic carbocycles. The summed E-state index contributed by atoms with van der Waals surface area (Å²) in [4.78, 5) is 0. The van der Waals surface area contributed by atoms with Crippen LogP contribution in [-0.2, 0) is 11.3 Å². The monoisotopic (exact) mass is 380 g/mol. The van der Waals surface area contributed by atoms with Crippen LogP contribution in [0.5, 0.6) is 0 Å². The van der Waals surface area contributed by atoms with Crippen LogP contribution >= 0.6 is 23.2 Å². The van der Waals surface area contributed by atoms with Crippen molar-refractivity contribution in [3.8, 4) is 5.69 Å². The quantitative estimate of drug-likeness (QED) is 0.803. The van der Waals surface area contributed by atoms with Crippen molar-refractivity contribution in [3.63, 3.8) is 0 Å². The maximum Gasteiger partial charge on any atom is 0.102 e. The second kappa shape index (κ2) is 7.28. The third kappa shape index (κ3) is 3.72. The van der Waals surface area contributed by atoms with Crippen molar-refractivity contribution in [1.29, 1.82) is 0 Å². The molecule has 25 heavy (non-hydrogen) atoms. The van der Waals surface area contributed by atoms with Gasteiger partial charge in [-0.1, -0.05) is 29.3 Å². The summed E-state index contributed by atoms with van der Waals surface area (Å²) >= 11 is 12.8. The van der Waals surface area contributed by atoms with Crippen molar-refractivity contribution in [2.75, 3.05) is 0 Å². The molecule has 2 aliphatic carbocycles. The topological polar surface area (TPSA) is 47.3 Å². The van der Waals surface area contributed by atoms with Gasteiger partial charge in [-0.3, -0.25) is 0 Å². The average molecular weight is 381 g/mol. The Hall–Kier alpha value is -1.07. The zero-order valence-electron chi connectivity index (χ0n) is 14.0. The molecule has 4 rings (SSSR count). The Balaban J connectivity index is 1.60. The molecular weight excluding hydrogens is 359 g/mol. The minimum atomic E-state index is -0.172. The first-order chi connectivity index (χ1) is 12.1. The zero-order chi connectivity index (χ0) is 17.4. The van der Waals surface area contributed by atoms with Gasteiger partial charge >= 0.3 is 0 Å². The van der Waals surface area contributed by atoms with Crippen LogP contribution in [0.3, 0.4) is 0 Å². The summed E-state index contributed by atoms with van der Waals surface area (Å²) in [6.07, 6.45) is 7.79. The Kier molecular flexibility index (Phi) is 5.05. The minimum absolute atomic E-state index is 0.172. The van der Waals surface area contributed by atoms with Gasteiger partial charge in [0.05, 0.1) is 40.8 Å². The molecule has 1 N–H and O–H groups in total. The molecule has 2 aromatic rings. The smallest absolute Gasteiger partial charge is 0.102 e. The highest BCUT2D eigenvalue weighted by atomic mass is 35.5. The van der Waals surface area contributed by atoms with Gasteiger partial charge in [0, 0.05) is 0 Å². The Labute approximate surface area is 157 Å². The van der Waals surface area contributed by atoms with Crippen LogP contribution < -0.4 is 0 Å². The summed E-state index contributed by atoms with van der Waals surface area (Å²) in [5.74, 6) is 0.571. The van der Waals surface area contributed by atoms with Gasteiger partial charge in [0.1, 0.15) is 5.69 Å². The number of aliphatic hydroxyl groups excluding tert-OH is 1. The van der Waals surface area contributed by atoms with E-state index in [-0.39, 0.29) is 12.2 Å². The van der Waals surface area contributed by atoms with E-state index < -0.39 is 0 Å². The molecule has 0 spiro atoms. The molecule has 2 saturated carbocycles. The van der Waals surface area contributed by atoms with Crippen LogP contribution in [0.2, 0.25) is 10.0 Å². The van der Waals surface area contributed by atoms with E-state index in [9.17, 15) is 5.11 Å². The average Bonchev–Trinajstić information content (AvgIpc) is 3.36. The van der Waals surface area contributed by atoms with Crippen LogP contribution in [0.4, 0.5) is 0 Å². The largest absolute Gasteiger partial charge is 0.393 e. The summed E-state index contributed by atoms with van der Waals surface area (Å²) < 4.78 is 8.02. The van der Waals surface area contributed by atoms with E-state index in [1.807, 2.05) is 29.1 Å². The number of ether oxygens (including phenoxy) is 1. The number of rotatable bonds is 5. The molecule has 0 unspecified atom stereocenters. The molecule has 0 saturated heterocycles. The lowest BCUT2D eigenvalue weighted by molar-refractivity contribution is -0.0138. The fourth-order valence-corrected chi connectivity index (χ4v) is 4.12. The van der Waals surface area contributed by atoms with E-state index in [0.29, 0.717) is 22.6 Å². The molecule has 0 atom stereocenters. The van der Waals surface area contributed by atoms with Gasteiger partial charge in [-0.15, -0.1) is 0 Å². The van der Waals surface area contributed by atoms with E-state index in [4.69, 9.17) is 27.9 Å². The maximum absolute atomic E-state index is 9.66. The van der Waals surface area contributed by atoms with E-state index in [1.165, 1.54) is 18.4 Å². The van der Waals surface area contributed by atoms with E-state index in [1.54, 1.807) is 0 Å². The molecule has 0 amide bonds. The van der Waals surface area contributed by atoms with Crippen LogP contribution in [0.1, 0.15) is 55.7 Å². The number of hydrogen-bond donors (Lipinski definition) is 1. The molecule has 0 aliphatic heterocycles. The number of aliphatic hydroxyl groups is 1. The number of para-hydroxylation sites is 1. The number of benzene rings is 1. The Morgan fingerprint density at radius 3 is 2.40 bits per heavy atom. The standard InChI is InChI=1S/C19H22Cl2N2O2/c20-16-2-1-3-17(21)19(16)23-18(15(10-22-23)12-4-5-12)11-25-14-8-6-13(24)7-9-14/h1-3,10,12-14,24H,4-9,11H2. The second-order valence-corrected chi connectivity index (χ2v) is 7.86. The highest BCUT2D eigenvalue weighted by Gasteiger charge is 2.30. The van der Waals surface area contributed by atoms with Gasteiger partial charge in [0.25, 0.3) is 0 Å². The highest BCUT2D eigenvalue weighted by Crippen LogP contribution is 2.43. The van der Waals surface area contributed by atoms with Crippen molar-refractivity contribution < 1.29 is 9.84 Å². The highest BCUT2D eigenvalue weighted by molar-refractivity contribution is 6.37. The fraction of sp³-hybridized carbons (Fsp3) is 0.526. The zero-order valence-corrected chi connectivity index (χ0v) is 15.5. The molecule has 0 radical (unpaired) electrons. The lowest BCUT2D eigenvalue weighted by Gasteiger charge is -2.26. The van der Waals surface area contributed by atoms with Crippen LogP contribution in [0.15, 0.2) is 24.4 Å². The fourth-order valence-electron chi connectivity index (χ4n) is 3.56. The normalized spacial score (nSPS) is 23.8. The van der Waals surface area contributed by atoms with Crippen molar-refractivity contribution in [1.82, 2.24) is 9.78 Å². The molecule has 1 aromatic heterocycles. The first-order valence-electron chi connectivity index (χ1n) is 8.94. The summed E-state index contributed by atoms with van der Waals surface area (Å²) in [5.41, 5.74) is 3.01. The number of hydrogen-bond acceptors (Lipinski definition) is 3. The Bertz CT molecular complexity index is 730. The summed E-state index contributed by atoms with van der Waals surface area (Å²) in [6, 6.07) is 5.49. The first-order valence-corrected chi connectivity index (χ1v) is 9.70. The first kappa shape index (κ1) is 17.3. The summed E-state index contributed by atoms with van der Waals surface area (Å²) in [7, 11) is 0. The second-order valence-electron chi connectivity index (χ2n) is 7.04. The lowest BCUT2D eigenvalue weighted by atomic mass is 9.95. The molecule has 2 aliphatic rings. The van der Waals surface area contributed by atoms with Crippen molar-refractivity contribution in [2.45, 2.75) is 63.3 Å². The number of halogens is 2. The Morgan fingerprint density at radius 1 is 1.08 bits per heavy atom. The van der Waals surface area contributed by atoms with E-state index in [2.05, 4.69) is 5.10 Å². The summed E-state index contributed by atoms with van der Waals surface area (Å²) in [5, 5.41) is 15.4. The van der Waals surface area contributed by atoms with Gasteiger partial charge in [0.15, 0.2) is 0 Å². The predicted molar refractivity (Wildman–Crippen MR) is 98.6 cm³/mol. The third-order valence-corrected chi connectivity index (χ3v) is 5.78. The number of aromatic nitrogens is 2. The van der Waals surface area contributed by atoms with Gasteiger partial charge in [-0.25, -0.2) is 4.68 Å². The van der Waals surface area contributed by atoms with Gasteiger partial charge < -0.3 is 9.84 Å². The third-order valence-electron chi connectivity index (χ3n) is 5.17. The molecule has 134 valence electrons. The van der Waals surface area contributed by atoms with Gasteiger partial charge in [-0.2, -0.15) is 5.10 Å². The van der Waals surface area contributed by atoms with Crippen molar-refractivity contribution in [2.24, 2.45) is 0 Å². The van der Waals surface area contributed by atoms with E-state index in [0.717, 1.165) is 37.1 Å². The van der Waals surface area contributed by atoms with Crippen LogP contribution in [-0.4, -0.2) is 27.1 Å². The van der Waals surface area contributed by atoms with Crippen LogP contribution in [0, 0.1) is 0 Å². The summed E-state index contributed by atoms with van der Waals surface area (Å²) in [6.45, 7) is 0.494. The molecule has 6 heteroatoms. The predicted octanol–water partition coefficient (Wildman–Crippen LogP) is 4.88. The SMILES string of the molecule is OC1CCC(OCc2c(C3CC3)cnn2-c2c(Cl)cccc2Cl)CC1. The molecule has 2 fully saturated rings. The lowest BCUT2D eigenvalue weighted by Crippen LogP contribution is -2.24. The molecular formula is C19H22Cl2N2O2. The minimum Gasteiger partial charge on any atom is -0.393 e. The van der Waals surface area contributed by atoms with Crippen molar-refractivity contribution in [3.05, 3.63) is 45.7 Å². The van der Waals surface area contributed by atoms with Crippen LogP contribution in [0.25, 0.3) is 5.69 Å². The van der Waals surface area contributed by atoms with Crippen molar-refractivity contribution >= 4 is 23.2 Å². The van der Waals surface area contributed by atoms with Gasteiger partial charge in [0.2, 0.25) is 0 Å². The van der Waals surface area contributed by atoms with Gasteiger partial charge in [-0.05, 0) is 62.1 Å². The maximum atomic E-state index is 9.66. The Morgan fingerprint density at radius 2 is 1.76 bits per heavy atom. The number of nitrogens with zero attached hydrogens (tertiary/aromatic N) is 2. The molecule has 1 heterocycles. The molecule has 4 nitrogen and oxygen atoms in total. The van der Waals surface area contributed by atoms with E-state index >= 15 is 0 Å². The molecule has 0 bridgehead atoms.